The highest BCUT2D eigenvalue weighted by atomic mass is 32.1. The van der Waals surface area contributed by atoms with Crippen LogP contribution in [0.5, 0.6) is 5.75 Å². The molecule has 1 heterocycles. The zero-order chi connectivity index (χ0) is 16.4. The average molecular weight is 326 g/mol. The van der Waals surface area contributed by atoms with Gasteiger partial charge in [-0.05, 0) is 50.1 Å². The Bertz CT molecular complexity index is 871. The molecule has 1 amide bonds. The summed E-state index contributed by atoms with van der Waals surface area (Å²) >= 11 is 1.48. The van der Waals surface area contributed by atoms with Gasteiger partial charge in [0.05, 0.1) is 22.4 Å². The van der Waals surface area contributed by atoms with Crippen molar-refractivity contribution in [1.82, 2.24) is 4.98 Å². The number of nitrogens with one attached hydrogen (secondary N) is 1. The van der Waals surface area contributed by atoms with Gasteiger partial charge >= 0.3 is 0 Å². The molecular formula is C18H18N2O2S. The lowest BCUT2D eigenvalue weighted by molar-refractivity contribution is 0.102. The van der Waals surface area contributed by atoms with Crippen molar-refractivity contribution in [2.24, 2.45) is 0 Å². The van der Waals surface area contributed by atoms with E-state index in [0.717, 1.165) is 15.8 Å². The van der Waals surface area contributed by atoms with E-state index in [4.69, 9.17) is 4.74 Å². The summed E-state index contributed by atoms with van der Waals surface area (Å²) in [5.41, 5.74) is 3.76. The number of ether oxygens (including phenoxy) is 1. The minimum Gasteiger partial charge on any atom is -0.493 e. The normalized spacial score (nSPS) is 10.7. The molecule has 0 aliphatic heterocycles. The molecule has 0 aliphatic carbocycles. The summed E-state index contributed by atoms with van der Waals surface area (Å²) in [5.74, 6) is 0.378. The van der Waals surface area contributed by atoms with Gasteiger partial charge in [0.1, 0.15) is 5.75 Å². The van der Waals surface area contributed by atoms with Crippen molar-refractivity contribution in [3.05, 3.63) is 53.1 Å². The van der Waals surface area contributed by atoms with Crippen LogP contribution in [0.3, 0.4) is 0 Å². The van der Waals surface area contributed by atoms with Crippen LogP contribution in [0.2, 0.25) is 0 Å². The highest BCUT2D eigenvalue weighted by Gasteiger charge is 2.15. The van der Waals surface area contributed by atoms with Gasteiger partial charge in [-0.3, -0.25) is 10.1 Å². The second-order valence-electron chi connectivity index (χ2n) is 5.33. The van der Waals surface area contributed by atoms with Gasteiger partial charge in [0, 0.05) is 0 Å². The largest absolute Gasteiger partial charge is 0.493 e. The highest BCUT2D eigenvalue weighted by molar-refractivity contribution is 7.22. The summed E-state index contributed by atoms with van der Waals surface area (Å²) in [5, 5.41) is 3.48. The van der Waals surface area contributed by atoms with Gasteiger partial charge in [0.25, 0.3) is 5.91 Å². The van der Waals surface area contributed by atoms with Crippen molar-refractivity contribution in [3.8, 4) is 5.75 Å². The number of aromatic nitrogens is 1. The van der Waals surface area contributed by atoms with E-state index < -0.39 is 0 Å². The van der Waals surface area contributed by atoms with Crippen LogP contribution in [-0.4, -0.2) is 17.5 Å². The molecule has 3 rings (SSSR count). The van der Waals surface area contributed by atoms with Gasteiger partial charge in [-0.25, -0.2) is 4.98 Å². The molecular weight excluding hydrogens is 308 g/mol. The van der Waals surface area contributed by atoms with E-state index in [1.807, 2.05) is 26.0 Å². The summed E-state index contributed by atoms with van der Waals surface area (Å²) in [6.07, 6.45) is 0. The van der Waals surface area contributed by atoms with E-state index in [2.05, 4.69) is 29.4 Å². The van der Waals surface area contributed by atoms with Gasteiger partial charge in [0.15, 0.2) is 5.13 Å². The predicted molar refractivity (Wildman–Crippen MR) is 94.7 cm³/mol. The molecule has 3 aromatic rings. The van der Waals surface area contributed by atoms with Gasteiger partial charge < -0.3 is 4.74 Å². The van der Waals surface area contributed by atoms with Crippen molar-refractivity contribution < 1.29 is 9.53 Å². The molecule has 23 heavy (non-hydrogen) atoms. The molecule has 0 radical (unpaired) electrons. The third-order valence-electron chi connectivity index (χ3n) is 3.48. The fraction of sp³-hybridized carbons (Fsp3) is 0.222. The van der Waals surface area contributed by atoms with Crippen molar-refractivity contribution in [1.29, 1.82) is 0 Å². The van der Waals surface area contributed by atoms with E-state index in [0.29, 0.717) is 23.1 Å². The SMILES string of the molecule is CCOc1ccccc1C(=O)Nc1nc2c(C)cc(C)cc2s1. The number of hydrogen-bond donors (Lipinski definition) is 1. The first-order chi connectivity index (χ1) is 11.1. The molecule has 1 N–H and O–H groups in total. The number of thiazole rings is 1. The minimum atomic E-state index is -0.206. The molecule has 0 spiro atoms. The van der Waals surface area contributed by atoms with Crippen LogP contribution in [0.1, 0.15) is 28.4 Å². The van der Waals surface area contributed by atoms with E-state index >= 15 is 0 Å². The Balaban J connectivity index is 1.90. The number of rotatable bonds is 4. The minimum absolute atomic E-state index is 0.206. The molecule has 0 fully saturated rings. The first-order valence-electron chi connectivity index (χ1n) is 7.49. The van der Waals surface area contributed by atoms with Gasteiger partial charge in [-0.1, -0.05) is 29.5 Å². The molecule has 1 aromatic heterocycles. The van der Waals surface area contributed by atoms with E-state index in [-0.39, 0.29) is 5.91 Å². The summed E-state index contributed by atoms with van der Waals surface area (Å²) in [6, 6.07) is 11.4. The molecule has 0 unspecified atom stereocenters. The third kappa shape index (κ3) is 3.19. The monoisotopic (exact) mass is 326 g/mol. The molecule has 2 aromatic carbocycles. The smallest absolute Gasteiger partial charge is 0.261 e. The Morgan fingerprint density at radius 2 is 2.04 bits per heavy atom. The Kier molecular flexibility index (Phi) is 4.30. The predicted octanol–water partition coefficient (Wildman–Crippen LogP) is 4.56. The number of carbonyl (C=O) groups is 1. The summed E-state index contributed by atoms with van der Waals surface area (Å²) in [4.78, 5) is 17.1. The number of fused-ring (bicyclic) bond motifs is 1. The lowest BCUT2D eigenvalue weighted by Gasteiger charge is -2.08. The standard InChI is InChI=1S/C18H18N2O2S/c1-4-22-14-8-6-5-7-13(14)17(21)20-18-19-16-12(3)9-11(2)10-15(16)23-18/h5-10H,4H2,1-3H3,(H,19,20,21). The molecule has 0 atom stereocenters. The van der Waals surface area contributed by atoms with Crippen molar-refractivity contribution >= 4 is 32.6 Å². The number of carbonyl (C=O) groups excluding carboxylic acids is 1. The molecule has 5 heteroatoms. The van der Waals surface area contributed by atoms with Crippen LogP contribution < -0.4 is 10.1 Å². The van der Waals surface area contributed by atoms with Crippen LogP contribution in [0.15, 0.2) is 36.4 Å². The van der Waals surface area contributed by atoms with E-state index in [1.54, 1.807) is 12.1 Å². The number of amides is 1. The van der Waals surface area contributed by atoms with E-state index in [1.165, 1.54) is 16.9 Å². The topological polar surface area (TPSA) is 51.2 Å². The third-order valence-corrected chi connectivity index (χ3v) is 4.40. The van der Waals surface area contributed by atoms with Crippen molar-refractivity contribution in [2.45, 2.75) is 20.8 Å². The Morgan fingerprint density at radius 3 is 2.83 bits per heavy atom. The summed E-state index contributed by atoms with van der Waals surface area (Å²) in [7, 11) is 0. The Morgan fingerprint density at radius 1 is 1.26 bits per heavy atom. The molecule has 0 aliphatic rings. The number of anilines is 1. The number of para-hydroxylation sites is 1. The van der Waals surface area contributed by atoms with Crippen molar-refractivity contribution in [2.75, 3.05) is 11.9 Å². The fourth-order valence-corrected chi connectivity index (χ4v) is 3.56. The number of aryl methyl sites for hydroxylation is 2. The fourth-order valence-electron chi connectivity index (χ4n) is 2.52. The Labute approximate surface area is 139 Å². The number of nitrogens with zero attached hydrogens (tertiary/aromatic N) is 1. The zero-order valence-electron chi connectivity index (χ0n) is 13.3. The maximum Gasteiger partial charge on any atom is 0.261 e. The van der Waals surface area contributed by atoms with Crippen LogP contribution in [0, 0.1) is 13.8 Å². The maximum atomic E-state index is 12.5. The van der Waals surface area contributed by atoms with Crippen LogP contribution >= 0.6 is 11.3 Å². The lowest BCUT2D eigenvalue weighted by Crippen LogP contribution is -2.13. The first-order valence-corrected chi connectivity index (χ1v) is 8.31. The van der Waals surface area contributed by atoms with Crippen LogP contribution in [-0.2, 0) is 0 Å². The second-order valence-corrected chi connectivity index (χ2v) is 6.36. The average Bonchev–Trinajstić information content (AvgIpc) is 2.90. The summed E-state index contributed by atoms with van der Waals surface area (Å²) in [6.45, 7) is 6.50. The maximum absolute atomic E-state index is 12.5. The van der Waals surface area contributed by atoms with Crippen LogP contribution in [0.4, 0.5) is 5.13 Å². The molecule has 0 saturated carbocycles. The van der Waals surface area contributed by atoms with Crippen LogP contribution in [0.25, 0.3) is 10.2 Å². The molecule has 0 saturated heterocycles. The molecule has 0 bridgehead atoms. The quantitative estimate of drug-likeness (QED) is 0.764. The number of hydrogen-bond acceptors (Lipinski definition) is 4. The highest BCUT2D eigenvalue weighted by Crippen LogP contribution is 2.30. The van der Waals surface area contributed by atoms with E-state index in [9.17, 15) is 4.79 Å². The molecule has 4 nitrogen and oxygen atoms in total. The van der Waals surface area contributed by atoms with Gasteiger partial charge in [-0.15, -0.1) is 0 Å². The first kappa shape index (κ1) is 15.5. The summed E-state index contributed by atoms with van der Waals surface area (Å²) < 4.78 is 6.59. The van der Waals surface area contributed by atoms with Gasteiger partial charge in [0.2, 0.25) is 0 Å². The van der Waals surface area contributed by atoms with Crippen molar-refractivity contribution in [3.63, 3.8) is 0 Å². The zero-order valence-corrected chi connectivity index (χ0v) is 14.2. The number of benzene rings is 2. The molecule has 118 valence electrons. The van der Waals surface area contributed by atoms with Gasteiger partial charge in [-0.2, -0.15) is 0 Å². The second kappa shape index (κ2) is 6.38. The Hall–Kier alpha value is -2.40. The lowest BCUT2D eigenvalue weighted by atomic mass is 10.1.